The molecular formula is C16H23N3. The Hall–Kier alpha value is -1.77. The maximum absolute atomic E-state index is 6.30. The molecule has 102 valence electrons. The van der Waals surface area contributed by atoms with Crippen molar-refractivity contribution in [3.63, 3.8) is 0 Å². The molecule has 2 rings (SSSR count). The minimum atomic E-state index is 0.454. The van der Waals surface area contributed by atoms with Crippen LogP contribution in [-0.2, 0) is 6.54 Å². The van der Waals surface area contributed by atoms with Crippen LogP contribution in [-0.4, -0.2) is 9.55 Å². The van der Waals surface area contributed by atoms with E-state index in [0.29, 0.717) is 5.92 Å². The Morgan fingerprint density at radius 1 is 1.11 bits per heavy atom. The van der Waals surface area contributed by atoms with Gasteiger partial charge in [0.2, 0.25) is 0 Å². The summed E-state index contributed by atoms with van der Waals surface area (Å²) in [5.74, 6) is 2.27. The van der Waals surface area contributed by atoms with Gasteiger partial charge in [0, 0.05) is 18.0 Å². The van der Waals surface area contributed by atoms with Crippen molar-refractivity contribution in [1.82, 2.24) is 9.55 Å². The van der Waals surface area contributed by atoms with E-state index in [1.54, 1.807) is 0 Å². The third kappa shape index (κ3) is 2.50. The Bertz CT molecular complexity index is 524. The first kappa shape index (κ1) is 13.7. The number of aromatic nitrogens is 2. The second kappa shape index (κ2) is 5.91. The van der Waals surface area contributed by atoms with Crippen LogP contribution in [0.4, 0.5) is 5.82 Å². The monoisotopic (exact) mass is 257 g/mol. The summed E-state index contributed by atoms with van der Waals surface area (Å²) in [7, 11) is 0. The highest BCUT2D eigenvalue weighted by Crippen LogP contribution is 2.31. The summed E-state index contributed by atoms with van der Waals surface area (Å²) in [6.07, 6.45) is 2.16. The average Bonchev–Trinajstić information content (AvgIpc) is 2.78. The molecule has 0 aliphatic carbocycles. The molecule has 0 spiro atoms. The fourth-order valence-electron chi connectivity index (χ4n) is 2.59. The van der Waals surface area contributed by atoms with Gasteiger partial charge in [0.05, 0.1) is 5.69 Å². The number of hydrogen-bond acceptors (Lipinski definition) is 2. The molecule has 1 aromatic carbocycles. The SMILES string of the molecule is CCC(CC)c1nc(-c2ccccc2)n(CC)c1N. The van der Waals surface area contributed by atoms with Gasteiger partial charge in [-0.2, -0.15) is 0 Å². The number of hydrogen-bond donors (Lipinski definition) is 1. The molecule has 0 bridgehead atoms. The summed E-state index contributed by atoms with van der Waals surface area (Å²) in [6, 6.07) is 10.3. The lowest BCUT2D eigenvalue weighted by atomic mass is 9.99. The molecule has 3 heteroatoms. The molecule has 0 aliphatic rings. The van der Waals surface area contributed by atoms with E-state index in [-0.39, 0.29) is 0 Å². The largest absolute Gasteiger partial charge is 0.384 e. The van der Waals surface area contributed by atoms with Gasteiger partial charge in [-0.05, 0) is 19.8 Å². The summed E-state index contributed by atoms with van der Waals surface area (Å²) in [5.41, 5.74) is 8.50. The smallest absolute Gasteiger partial charge is 0.141 e. The maximum atomic E-state index is 6.30. The lowest BCUT2D eigenvalue weighted by molar-refractivity contribution is 0.628. The Morgan fingerprint density at radius 3 is 2.26 bits per heavy atom. The van der Waals surface area contributed by atoms with Crippen LogP contribution in [0.3, 0.4) is 0 Å². The van der Waals surface area contributed by atoms with Crippen molar-refractivity contribution in [2.75, 3.05) is 5.73 Å². The van der Waals surface area contributed by atoms with Crippen LogP contribution in [0.5, 0.6) is 0 Å². The molecular weight excluding hydrogens is 234 g/mol. The number of rotatable bonds is 5. The number of benzene rings is 1. The summed E-state index contributed by atoms with van der Waals surface area (Å²) in [5, 5.41) is 0. The minimum Gasteiger partial charge on any atom is -0.384 e. The molecule has 2 N–H and O–H groups in total. The van der Waals surface area contributed by atoms with Crippen LogP contribution >= 0.6 is 0 Å². The summed E-state index contributed by atoms with van der Waals surface area (Å²) in [4.78, 5) is 4.83. The highest BCUT2D eigenvalue weighted by molar-refractivity contribution is 5.61. The van der Waals surface area contributed by atoms with E-state index < -0.39 is 0 Å². The van der Waals surface area contributed by atoms with E-state index >= 15 is 0 Å². The van der Waals surface area contributed by atoms with Crippen LogP contribution in [0, 0.1) is 0 Å². The molecule has 0 fully saturated rings. The van der Waals surface area contributed by atoms with Gasteiger partial charge >= 0.3 is 0 Å². The van der Waals surface area contributed by atoms with Crippen molar-refractivity contribution in [3.8, 4) is 11.4 Å². The van der Waals surface area contributed by atoms with E-state index in [1.165, 1.54) is 0 Å². The fourth-order valence-corrected chi connectivity index (χ4v) is 2.59. The molecule has 3 nitrogen and oxygen atoms in total. The summed E-state index contributed by atoms with van der Waals surface area (Å²) in [6.45, 7) is 7.35. The highest BCUT2D eigenvalue weighted by Gasteiger charge is 2.20. The Kier molecular flexibility index (Phi) is 4.25. The number of nitrogens with zero attached hydrogens (tertiary/aromatic N) is 2. The average molecular weight is 257 g/mol. The van der Waals surface area contributed by atoms with Crippen LogP contribution in [0.15, 0.2) is 30.3 Å². The van der Waals surface area contributed by atoms with Crippen LogP contribution in [0.1, 0.15) is 45.2 Å². The molecule has 2 aromatic rings. The van der Waals surface area contributed by atoms with Gasteiger partial charge in [-0.3, -0.25) is 0 Å². The van der Waals surface area contributed by atoms with Crippen LogP contribution < -0.4 is 5.73 Å². The second-order valence-electron chi connectivity index (χ2n) is 4.83. The predicted octanol–water partition coefficient (Wildman–Crippen LogP) is 4.06. The van der Waals surface area contributed by atoms with Crippen LogP contribution in [0.25, 0.3) is 11.4 Å². The number of imidazole rings is 1. The molecule has 0 radical (unpaired) electrons. The van der Waals surface area contributed by atoms with E-state index in [2.05, 4.69) is 37.5 Å². The Morgan fingerprint density at radius 2 is 1.74 bits per heavy atom. The molecule has 0 unspecified atom stereocenters. The first-order valence-electron chi connectivity index (χ1n) is 7.14. The van der Waals surface area contributed by atoms with E-state index in [9.17, 15) is 0 Å². The molecule has 0 atom stereocenters. The van der Waals surface area contributed by atoms with Crippen LogP contribution in [0.2, 0.25) is 0 Å². The Labute approximate surface area is 115 Å². The van der Waals surface area contributed by atoms with Crippen molar-refractivity contribution in [2.24, 2.45) is 0 Å². The molecule has 19 heavy (non-hydrogen) atoms. The maximum Gasteiger partial charge on any atom is 0.141 e. The van der Waals surface area contributed by atoms with Gasteiger partial charge in [-0.1, -0.05) is 44.2 Å². The van der Waals surface area contributed by atoms with Crippen molar-refractivity contribution < 1.29 is 0 Å². The van der Waals surface area contributed by atoms with Crippen molar-refractivity contribution in [3.05, 3.63) is 36.0 Å². The zero-order valence-electron chi connectivity index (χ0n) is 12.1. The number of nitrogen functional groups attached to an aromatic ring is 1. The zero-order valence-corrected chi connectivity index (χ0v) is 12.1. The quantitative estimate of drug-likeness (QED) is 0.878. The van der Waals surface area contributed by atoms with Gasteiger partial charge in [-0.15, -0.1) is 0 Å². The topological polar surface area (TPSA) is 43.8 Å². The summed E-state index contributed by atoms with van der Waals surface area (Å²) < 4.78 is 2.11. The molecule has 0 amide bonds. The first-order chi connectivity index (χ1) is 9.22. The van der Waals surface area contributed by atoms with E-state index in [0.717, 1.165) is 42.3 Å². The number of nitrogens with two attached hydrogens (primary N) is 1. The molecule has 1 heterocycles. The third-order valence-electron chi connectivity index (χ3n) is 3.76. The third-order valence-corrected chi connectivity index (χ3v) is 3.76. The molecule has 1 aromatic heterocycles. The molecule has 0 aliphatic heterocycles. The lowest BCUT2D eigenvalue weighted by Gasteiger charge is -2.10. The molecule has 0 saturated heterocycles. The predicted molar refractivity (Wildman–Crippen MR) is 81.1 cm³/mol. The van der Waals surface area contributed by atoms with E-state index in [4.69, 9.17) is 10.7 Å². The standard InChI is InChI=1S/C16H23N3/c1-4-12(5-2)14-15(17)19(6-3)16(18-14)13-10-8-7-9-11-13/h7-12H,4-6,17H2,1-3H3. The number of anilines is 1. The highest BCUT2D eigenvalue weighted by atomic mass is 15.1. The van der Waals surface area contributed by atoms with Crippen molar-refractivity contribution >= 4 is 5.82 Å². The zero-order chi connectivity index (χ0) is 13.8. The van der Waals surface area contributed by atoms with Gasteiger partial charge in [0.15, 0.2) is 0 Å². The van der Waals surface area contributed by atoms with Crippen molar-refractivity contribution in [1.29, 1.82) is 0 Å². The lowest BCUT2D eigenvalue weighted by Crippen LogP contribution is -2.05. The molecule has 0 saturated carbocycles. The van der Waals surface area contributed by atoms with Gasteiger partial charge < -0.3 is 10.3 Å². The van der Waals surface area contributed by atoms with Gasteiger partial charge in [0.25, 0.3) is 0 Å². The fraction of sp³-hybridized carbons (Fsp3) is 0.438. The van der Waals surface area contributed by atoms with Crippen molar-refractivity contribution in [2.45, 2.75) is 46.1 Å². The minimum absolute atomic E-state index is 0.454. The summed E-state index contributed by atoms with van der Waals surface area (Å²) >= 11 is 0. The first-order valence-corrected chi connectivity index (χ1v) is 7.14. The Balaban J connectivity index is 2.53. The van der Waals surface area contributed by atoms with Gasteiger partial charge in [-0.25, -0.2) is 4.98 Å². The second-order valence-corrected chi connectivity index (χ2v) is 4.83. The van der Waals surface area contributed by atoms with E-state index in [1.807, 2.05) is 18.2 Å². The van der Waals surface area contributed by atoms with Gasteiger partial charge in [0.1, 0.15) is 11.6 Å². The normalized spacial score (nSPS) is 11.2.